The highest BCUT2D eigenvalue weighted by atomic mass is 35.5. The second-order valence-electron chi connectivity index (χ2n) is 7.51. The van der Waals surface area contributed by atoms with Crippen LogP contribution in [0, 0.1) is 5.82 Å². The lowest BCUT2D eigenvalue weighted by molar-refractivity contribution is -0.128. The predicted molar refractivity (Wildman–Crippen MR) is 117 cm³/mol. The van der Waals surface area contributed by atoms with E-state index in [4.69, 9.17) is 16.3 Å². The van der Waals surface area contributed by atoms with Crippen LogP contribution in [-0.2, 0) is 11.3 Å². The zero-order chi connectivity index (χ0) is 21.4. The molecule has 3 heterocycles. The van der Waals surface area contributed by atoms with Crippen LogP contribution in [0.2, 0.25) is 5.02 Å². The number of nitrogens with zero attached hydrogens (tertiary/aromatic N) is 3. The number of hydrogen-bond donors (Lipinski definition) is 0. The molecule has 1 saturated heterocycles. The molecule has 1 fully saturated rings. The molecule has 0 saturated carbocycles. The van der Waals surface area contributed by atoms with Crippen LogP contribution in [0.3, 0.4) is 0 Å². The van der Waals surface area contributed by atoms with Gasteiger partial charge in [0.15, 0.2) is 0 Å². The van der Waals surface area contributed by atoms with E-state index in [1.807, 2.05) is 58.1 Å². The van der Waals surface area contributed by atoms with Crippen molar-refractivity contribution in [3.8, 4) is 22.8 Å². The third-order valence-electron chi connectivity index (χ3n) is 5.38. The minimum atomic E-state index is -0.549. The largest absolute Gasteiger partial charge is 0.457 e. The Morgan fingerprint density at radius 1 is 1.13 bits per heavy atom. The van der Waals surface area contributed by atoms with Crippen molar-refractivity contribution in [2.24, 2.45) is 0 Å². The summed E-state index contributed by atoms with van der Waals surface area (Å²) >= 11 is 5.80. The third kappa shape index (κ3) is 3.99. The summed E-state index contributed by atoms with van der Waals surface area (Å²) in [7, 11) is 0. The van der Waals surface area contributed by atoms with E-state index in [-0.39, 0.29) is 10.9 Å². The summed E-state index contributed by atoms with van der Waals surface area (Å²) in [6, 6.07) is 15.9. The van der Waals surface area contributed by atoms with Crippen LogP contribution in [0.25, 0.3) is 16.9 Å². The van der Waals surface area contributed by atoms with E-state index in [0.717, 1.165) is 35.4 Å². The number of carbonyl (C=O) groups is 1. The van der Waals surface area contributed by atoms with E-state index >= 15 is 0 Å². The second kappa shape index (κ2) is 8.04. The van der Waals surface area contributed by atoms with Crippen molar-refractivity contribution in [2.45, 2.75) is 19.4 Å². The summed E-state index contributed by atoms with van der Waals surface area (Å²) in [6.07, 6.45) is 5.31. The molecule has 31 heavy (non-hydrogen) atoms. The molecule has 0 bridgehead atoms. The van der Waals surface area contributed by atoms with E-state index in [1.165, 1.54) is 12.1 Å². The van der Waals surface area contributed by atoms with Crippen molar-refractivity contribution < 1.29 is 13.9 Å². The van der Waals surface area contributed by atoms with Gasteiger partial charge in [-0.25, -0.2) is 9.37 Å². The Labute approximate surface area is 183 Å². The predicted octanol–water partition coefficient (Wildman–Crippen LogP) is 5.71. The Hall–Kier alpha value is -3.38. The van der Waals surface area contributed by atoms with Gasteiger partial charge in [0.05, 0.1) is 10.7 Å². The van der Waals surface area contributed by atoms with Gasteiger partial charge in [-0.1, -0.05) is 29.8 Å². The van der Waals surface area contributed by atoms with Gasteiger partial charge in [-0.2, -0.15) is 0 Å². The maximum absolute atomic E-state index is 13.9. The summed E-state index contributed by atoms with van der Waals surface area (Å²) in [5, 5.41) is 0.0358. The highest BCUT2D eigenvalue weighted by Crippen LogP contribution is 2.33. The summed E-state index contributed by atoms with van der Waals surface area (Å²) in [5.74, 6) is 0.471. The summed E-state index contributed by atoms with van der Waals surface area (Å²) in [4.78, 5) is 18.6. The highest BCUT2D eigenvalue weighted by Gasteiger charge is 2.22. The van der Waals surface area contributed by atoms with Gasteiger partial charge < -0.3 is 14.0 Å². The molecule has 0 radical (unpaired) electrons. The number of halogens is 2. The first-order valence-electron chi connectivity index (χ1n) is 10.0. The molecule has 156 valence electrons. The Kier molecular flexibility index (Phi) is 5.08. The lowest BCUT2D eigenvalue weighted by Crippen LogP contribution is -2.24. The number of amides is 1. The molecular weight excluding hydrogens is 417 g/mol. The molecule has 1 amide bonds. The SMILES string of the molecule is O=C1CCCN1Cc1ccc(-c2cn3ccccc3n2)cc1Oc1ccc(Cl)c(F)c1. The van der Waals surface area contributed by atoms with Crippen molar-refractivity contribution in [3.63, 3.8) is 0 Å². The first-order chi connectivity index (χ1) is 15.1. The number of pyridine rings is 1. The quantitative estimate of drug-likeness (QED) is 0.403. The number of ether oxygens (including phenoxy) is 1. The van der Waals surface area contributed by atoms with Crippen molar-refractivity contribution >= 4 is 23.2 Å². The molecule has 0 N–H and O–H groups in total. The van der Waals surface area contributed by atoms with E-state index in [0.29, 0.717) is 24.5 Å². The fourth-order valence-electron chi connectivity index (χ4n) is 3.76. The van der Waals surface area contributed by atoms with Crippen LogP contribution < -0.4 is 4.74 Å². The minimum absolute atomic E-state index is 0.0358. The van der Waals surface area contributed by atoms with Gasteiger partial charge in [0, 0.05) is 49.1 Å². The molecule has 4 aromatic rings. The van der Waals surface area contributed by atoms with Gasteiger partial charge in [-0.15, -0.1) is 0 Å². The van der Waals surface area contributed by atoms with Crippen molar-refractivity contribution in [2.75, 3.05) is 6.54 Å². The van der Waals surface area contributed by atoms with Crippen LogP contribution in [0.5, 0.6) is 11.5 Å². The average molecular weight is 436 g/mol. The maximum atomic E-state index is 13.9. The first kappa shape index (κ1) is 19.6. The monoisotopic (exact) mass is 435 g/mol. The number of imidazole rings is 1. The molecule has 0 aliphatic carbocycles. The zero-order valence-electron chi connectivity index (χ0n) is 16.6. The lowest BCUT2D eigenvalue weighted by atomic mass is 10.1. The Morgan fingerprint density at radius 2 is 2.03 bits per heavy atom. The molecule has 5 rings (SSSR count). The molecule has 0 atom stereocenters. The number of carbonyl (C=O) groups excluding carboxylic acids is 1. The topological polar surface area (TPSA) is 46.8 Å². The third-order valence-corrected chi connectivity index (χ3v) is 5.68. The first-order valence-corrected chi connectivity index (χ1v) is 10.4. The number of rotatable bonds is 5. The minimum Gasteiger partial charge on any atom is -0.457 e. The van der Waals surface area contributed by atoms with Crippen LogP contribution in [-0.4, -0.2) is 26.7 Å². The second-order valence-corrected chi connectivity index (χ2v) is 7.92. The smallest absolute Gasteiger partial charge is 0.222 e. The molecule has 7 heteroatoms. The number of aromatic nitrogens is 2. The molecule has 1 aliphatic heterocycles. The van der Waals surface area contributed by atoms with Crippen molar-refractivity contribution in [1.29, 1.82) is 0 Å². The molecule has 2 aromatic heterocycles. The van der Waals surface area contributed by atoms with Gasteiger partial charge in [-0.05, 0) is 36.8 Å². The van der Waals surface area contributed by atoms with Crippen molar-refractivity contribution in [3.05, 3.63) is 83.4 Å². The molecule has 1 aliphatic rings. The number of likely N-dealkylation sites (tertiary alicyclic amines) is 1. The van der Waals surface area contributed by atoms with Crippen LogP contribution in [0.4, 0.5) is 4.39 Å². The van der Waals surface area contributed by atoms with Gasteiger partial charge >= 0.3 is 0 Å². The van der Waals surface area contributed by atoms with E-state index in [9.17, 15) is 9.18 Å². The van der Waals surface area contributed by atoms with Gasteiger partial charge in [0.2, 0.25) is 5.91 Å². The van der Waals surface area contributed by atoms with Gasteiger partial charge in [-0.3, -0.25) is 4.79 Å². The molecular formula is C24H19ClFN3O2. The lowest BCUT2D eigenvalue weighted by Gasteiger charge is -2.19. The number of benzene rings is 2. The number of hydrogen-bond acceptors (Lipinski definition) is 3. The summed E-state index contributed by atoms with van der Waals surface area (Å²) in [6.45, 7) is 1.16. The summed E-state index contributed by atoms with van der Waals surface area (Å²) in [5.41, 5.74) is 3.34. The van der Waals surface area contributed by atoms with Gasteiger partial charge in [0.1, 0.15) is 23.0 Å². The van der Waals surface area contributed by atoms with Crippen LogP contribution in [0.1, 0.15) is 18.4 Å². The number of fused-ring (bicyclic) bond motifs is 1. The van der Waals surface area contributed by atoms with Crippen molar-refractivity contribution in [1.82, 2.24) is 14.3 Å². The fourth-order valence-corrected chi connectivity index (χ4v) is 3.87. The molecule has 2 aromatic carbocycles. The Morgan fingerprint density at radius 3 is 2.81 bits per heavy atom. The van der Waals surface area contributed by atoms with Crippen LogP contribution in [0.15, 0.2) is 67.0 Å². The van der Waals surface area contributed by atoms with E-state index < -0.39 is 5.82 Å². The molecule has 0 spiro atoms. The average Bonchev–Trinajstić information content (AvgIpc) is 3.38. The normalized spacial score (nSPS) is 13.9. The van der Waals surface area contributed by atoms with Crippen LogP contribution >= 0.6 is 11.6 Å². The van der Waals surface area contributed by atoms with E-state index in [2.05, 4.69) is 4.98 Å². The maximum Gasteiger partial charge on any atom is 0.222 e. The standard InChI is InChI=1S/C24H19ClFN3O2/c25-19-9-8-18(13-20(19)26)31-22-12-16(21-15-28-10-2-1-4-23(28)27-21)6-7-17(22)14-29-11-3-5-24(29)30/h1-2,4,6-10,12-13,15H,3,5,11,14H2. The Bertz CT molecular complexity index is 1250. The molecule has 5 nitrogen and oxygen atoms in total. The van der Waals surface area contributed by atoms with Gasteiger partial charge in [0.25, 0.3) is 0 Å². The highest BCUT2D eigenvalue weighted by molar-refractivity contribution is 6.30. The van der Waals surface area contributed by atoms with E-state index in [1.54, 1.807) is 6.07 Å². The summed E-state index contributed by atoms with van der Waals surface area (Å²) < 4.78 is 21.9. The molecule has 0 unspecified atom stereocenters. The zero-order valence-corrected chi connectivity index (χ0v) is 17.3. The fraction of sp³-hybridized carbons (Fsp3) is 0.167. The Balaban J connectivity index is 1.53.